The lowest BCUT2D eigenvalue weighted by Crippen LogP contribution is -2.47. The lowest BCUT2D eigenvalue weighted by Gasteiger charge is -2.36. The number of carboxylic acids is 1. The van der Waals surface area contributed by atoms with Crippen molar-refractivity contribution < 1.29 is 23.1 Å². The number of carbonyl (C=O) groups excluding carboxylic acids is 1. The molecule has 2 unspecified atom stereocenters. The zero-order valence-corrected chi connectivity index (χ0v) is 15.8. The maximum atomic E-state index is 13.2. The smallest absolute Gasteiger partial charge is 0.307 e. The standard InChI is InChI=1S/C18H24N2O5S/c1-12-5-6-15(18(22)23)11-20(12)26(24,25)16-8-7-14-4-3-9-19(13(2)21)17(14)10-16/h7-8,10,12,15H,3-6,9,11H2,1-2H3,(H,22,23). The van der Waals surface area contributed by atoms with Crippen LogP contribution in [0.2, 0.25) is 0 Å². The molecule has 0 saturated carbocycles. The molecule has 0 aliphatic carbocycles. The van der Waals surface area contributed by atoms with Crippen molar-refractivity contribution in [2.24, 2.45) is 5.92 Å². The van der Waals surface area contributed by atoms with Gasteiger partial charge in [0.1, 0.15) is 0 Å². The molecule has 2 atom stereocenters. The summed E-state index contributed by atoms with van der Waals surface area (Å²) in [7, 11) is -3.83. The van der Waals surface area contributed by atoms with E-state index in [-0.39, 0.29) is 23.4 Å². The van der Waals surface area contributed by atoms with Crippen LogP contribution in [0.15, 0.2) is 23.1 Å². The second kappa shape index (κ2) is 7.00. The van der Waals surface area contributed by atoms with Gasteiger partial charge in [0.25, 0.3) is 0 Å². The van der Waals surface area contributed by atoms with Crippen molar-refractivity contribution in [2.45, 2.75) is 50.5 Å². The van der Waals surface area contributed by atoms with Crippen molar-refractivity contribution in [3.05, 3.63) is 23.8 Å². The molecule has 2 aliphatic heterocycles. The van der Waals surface area contributed by atoms with Crippen LogP contribution < -0.4 is 4.90 Å². The molecule has 142 valence electrons. The summed E-state index contributed by atoms with van der Waals surface area (Å²) < 4.78 is 27.6. The third kappa shape index (κ3) is 3.35. The number of fused-ring (bicyclic) bond motifs is 1. The Bertz CT molecular complexity index is 836. The minimum atomic E-state index is -3.83. The first-order valence-corrected chi connectivity index (χ1v) is 10.3. The molecule has 0 bridgehead atoms. The quantitative estimate of drug-likeness (QED) is 0.864. The van der Waals surface area contributed by atoms with Gasteiger partial charge in [-0.25, -0.2) is 8.42 Å². The summed E-state index contributed by atoms with van der Waals surface area (Å²) in [4.78, 5) is 24.9. The summed E-state index contributed by atoms with van der Waals surface area (Å²) in [6.45, 7) is 3.83. The van der Waals surface area contributed by atoms with Crippen molar-refractivity contribution in [2.75, 3.05) is 18.0 Å². The monoisotopic (exact) mass is 380 g/mol. The van der Waals surface area contributed by atoms with Gasteiger partial charge < -0.3 is 10.0 Å². The van der Waals surface area contributed by atoms with Crippen LogP contribution in [0.1, 0.15) is 38.7 Å². The number of piperidine rings is 1. The van der Waals surface area contributed by atoms with E-state index in [1.165, 1.54) is 11.2 Å². The van der Waals surface area contributed by atoms with Crippen LogP contribution in [0.3, 0.4) is 0 Å². The van der Waals surface area contributed by atoms with Gasteiger partial charge in [0.2, 0.25) is 15.9 Å². The maximum Gasteiger partial charge on any atom is 0.307 e. The first-order valence-electron chi connectivity index (χ1n) is 8.87. The highest BCUT2D eigenvalue weighted by atomic mass is 32.2. The predicted octanol–water partition coefficient (Wildman–Crippen LogP) is 1.86. The highest BCUT2D eigenvalue weighted by Crippen LogP contribution is 2.33. The second-order valence-electron chi connectivity index (χ2n) is 7.10. The molecule has 7 nitrogen and oxygen atoms in total. The molecular weight excluding hydrogens is 356 g/mol. The van der Waals surface area contributed by atoms with E-state index in [0.717, 1.165) is 18.4 Å². The van der Waals surface area contributed by atoms with Gasteiger partial charge in [0.05, 0.1) is 10.8 Å². The van der Waals surface area contributed by atoms with Gasteiger partial charge in [-0.15, -0.1) is 0 Å². The number of rotatable bonds is 3. The molecule has 2 heterocycles. The molecule has 1 aromatic rings. The first-order chi connectivity index (χ1) is 12.2. The zero-order valence-electron chi connectivity index (χ0n) is 15.0. The highest BCUT2D eigenvalue weighted by Gasteiger charge is 2.38. The SMILES string of the molecule is CC(=O)N1CCCc2ccc(S(=O)(=O)N3CC(C(=O)O)CCC3C)cc21. The van der Waals surface area contributed by atoms with Gasteiger partial charge in [-0.2, -0.15) is 4.31 Å². The molecule has 1 fully saturated rings. The lowest BCUT2D eigenvalue weighted by atomic mass is 9.96. The van der Waals surface area contributed by atoms with Crippen molar-refractivity contribution >= 4 is 27.6 Å². The average Bonchev–Trinajstić information content (AvgIpc) is 2.60. The number of hydrogen-bond acceptors (Lipinski definition) is 4. The van der Waals surface area contributed by atoms with Crippen molar-refractivity contribution in [3.63, 3.8) is 0 Å². The molecule has 26 heavy (non-hydrogen) atoms. The number of benzene rings is 1. The molecular formula is C18H24N2O5S. The van der Waals surface area contributed by atoms with E-state index in [2.05, 4.69) is 0 Å². The molecule has 1 N–H and O–H groups in total. The molecule has 8 heteroatoms. The Kier molecular flexibility index (Phi) is 5.07. The first kappa shape index (κ1) is 18.8. The Balaban J connectivity index is 1.98. The Morgan fingerprint density at radius 3 is 2.62 bits per heavy atom. The fraction of sp³-hybridized carbons (Fsp3) is 0.556. The fourth-order valence-corrected chi connectivity index (χ4v) is 5.52. The van der Waals surface area contributed by atoms with E-state index < -0.39 is 21.9 Å². The van der Waals surface area contributed by atoms with E-state index in [4.69, 9.17) is 0 Å². The van der Waals surface area contributed by atoms with Crippen LogP contribution >= 0.6 is 0 Å². The third-order valence-corrected chi connectivity index (χ3v) is 7.31. The van der Waals surface area contributed by atoms with Gasteiger partial charge in [-0.3, -0.25) is 9.59 Å². The summed E-state index contributed by atoms with van der Waals surface area (Å²) in [5, 5.41) is 9.27. The number of hydrogen-bond donors (Lipinski definition) is 1. The van der Waals surface area contributed by atoms with Crippen molar-refractivity contribution in [1.29, 1.82) is 0 Å². The van der Waals surface area contributed by atoms with Crippen LogP contribution in [0.25, 0.3) is 0 Å². The molecule has 1 amide bonds. The van der Waals surface area contributed by atoms with Crippen LogP contribution in [-0.4, -0.2) is 48.8 Å². The predicted molar refractivity (Wildman–Crippen MR) is 96.5 cm³/mol. The summed E-state index contributed by atoms with van der Waals surface area (Å²) >= 11 is 0. The third-order valence-electron chi connectivity index (χ3n) is 5.34. The second-order valence-corrected chi connectivity index (χ2v) is 8.99. The van der Waals surface area contributed by atoms with E-state index in [0.29, 0.717) is 25.1 Å². The van der Waals surface area contributed by atoms with Crippen LogP contribution in [-0.2, 0) is 26.0 Å². The minimum absolute atomic E-state index is 0.0215. The lowest BCUT2D eigenvalue weighted by molar-refractivity contribution is -0.143. The topological polar surface area (TPSA) is 95.0 Å². The molecule has 0 radical (unpaired) electrons. The Morgan fingerprint density at radius 2 is 1.96 bits per heavy atom. The molecule has 1 aromatic carbocycles. The van der Waals surface area contributed by atoms with E-state index in [9.17, 15) is 23.1 Å². The Labute approximate surface area is 153 Å². The number of sulfonamides is 1. The van der Waals surface area contributed by atoms with Crippen LogP contribution in [0.5, 0.6) is 0 Å². The molecule has 2 aliphatic rings. The van der Waals surface area contributed by atoms with Gasteiger partial charge >= 0.3 is 5.97 Å². The van der Waals surface area contributed by atoms with E-state index in [1.54, 1.807) is 30.0 Å². The highest BCUT2D eigenvalue weighted by molar-refractivity contribution is 7.89. The average molecular weight is 380 g/mol. The zero-order chi connectivity index (χ0) is 19.1. The van der Waals surface area contributed by atoms with Gasteiger partial charge in [0, 0.05) is 31.7 Å². The largest absolute Gasteiger partial charge is 0.481 e. The number of aliphatic carboxylic acids is 1. The van der Waals surface area contributed by atoms with Crippen LogP contribution in [0, 0.1) is 5.92 Å². The summed E-state index contributed by atoms with van der Waals surface area (Å²) in [5.41, 5.74) is 1.60. The molecule has 1 saturated heterocycles. The Morgan fingerprint density at radius 1 is 1.23 bits per heavy atom. The molecule has 3 rings (SSSR count). The Hall–Kier alpha value is -1.93. The summed E-state index contributed by atoms with van der Waals surface area (Å²) in [6.07, 6.45) is 2.65. The van der Waals surface area contributed by atoms with E-state index in [1.807, 2.05) is 0 Å². The number of carboxylic acid groups (broad SMARTS) is 1. The summed E-state index contributed by atoms with van der Waals surface area (Å²) in [6, 6.07) is 4.63. The number of aryl methyl sites for hydroxylation is 1. The van der Waals surface area contributed by atoms with Gasteiger partial charge in [0.15, 0.2) is 0 Å². The summed E-state index contributed by atoms with van der Waals surface area (Å²) in [5.74, 6) is -1.77. The number of nitrogens with zero attached hydrogens (tertiary/aromatic N) is 2. The minimum Gasteiger partial charge on any atom is -0.481 e. The van der Waals surface area contributed by atoms with E-state index >= 15 is 0 Å². The normalized spacial score (nSPS) is 24.2. The fourth-order valence-electron chi connectivity index (χ4n) is 3.79. The van der Waals surface area contributed by atoms with Gasteiger partial charge in [-0.1, -0.05) is 6.07 Å². The van der Waals surface area contributed by atoms with Crippen molar-refractivity contribution in [1.82, 2.24) is 4.31 Å². The van der Waals surface area contributed by atoms with Gasteiger partial charge in [-0.05, 0) is 50.3 Å². The number of amides is 1. The molecule has 0 aromatic heterocycles. The number of carbonyl (C=O) groups is 2. The van der Waals surface area contributed by atoms with Crippen LogP contribution in [0.4, 0.5) is 5.69 Å². The number of anilines is 1. The maximum absolute atomic E-state index is 13.2. The molecule has 0 spiro atoms. The van der Waals surface area contributed by atoms with Crippen molar-refractivity contribution in [3.8, 4) is 0 Å².